The number of aliphatic hydroxyl groups is 1. The molecule has 0 amide bonds. The Morgan fingerprint density at radius 1 is 1.22 bits per heavy atom. The molecule has 1 atom stereocenters. The molecule has 2 heterocycles. The summed E-state index contributed by atoms with van der Waals surface area (Å²) in [7, 11) is 0. The number of pyridine rings is 1. The number of nitriles is 1. The van der Waals surface area contributed by atoms with Crippen molar-refractivity contribution in [1.29, 1.82) is 5.26 Å². The minimum atomic E-state index is -0.733. The van der Waals surface area contributed by atoms with E-state index in [1.165, 1.54) is 0 Å². The SMILES string of the molecule is Cc1ccc2c(C(C)O)c(-c3ccc(OC4COC4)cc3)c(C#N)nc2c1. The van der Waals surface area contributed by atoms with Gasteiger partial charge in [-0.3, -0.25) is 0 Å². The van der Waals surface area contributed by atoms with Crippen molar-refractivity contribution >= 4 is 10.9 Å². The summed E-state index contributed by atoms with van der Waals surface area (Å²) in [6.07, 6.45) is -0.632. The summed E-state index contributed by atoms with van der Waals surface area (Å²) >= 11 is 0. The topological polar surface area (TPSA) is 75.4 Å². The highest BCUT2D eigenvalue weighted by atomic mass is 16.6. The molecule has 0 spiro atoms. The van der Waals surface area contributed by atoms with Gasteiger partial charge in [0.2, 0.25) is 0 Å². The van der Waals surface area contributed by atoms with E-state index in [4.69, 9.17) is 9.47 Å². The van der Waals surface area contributed by atoms with E-state index in [0.717, 1.165) is 33.3 Å². The van der Waals surface area contributed by atoms with Crippen LogP contribution in [-0.4, -0.2) is 29.4 Å². The van der Waals surface area contributed by atoms with Crippen LogP contribution in [0.25, 0.3) is 22.0 Å². The molecule has 136 valence electrons. The number of nitrogens with zero attached hydrogens (tertiary/aromatic N) is 2. The van der Waals surface area contributed by atoms with Gasteiger partial charge in [-0.2, -0.15) is 5.26 Å². The van der Waals surface area contributed by atoms with Gasteiger partial charge in [0.15, 0.2) is 0 Å². The van der Waals surface area contributed by atoms with Crippen molar-refractivity contribution in [3.05, 3.63) is 59.3 Å². The number of rotatable bonds is 4. The van der Waals surface area contributed by atoms with Crippen LogP contribution in [-0.2, 0) is 4.74 Å². The maximum atomic E-state index is 10.5. The lowest BCUT2D eigenvalue weighted by Crippen LogP contribution is -2.38. The molecule has 5 heteroatoms. The van der Waals surface area contributed by atoms with Crippen molar-refractivity contribution in [3.63, 3.8) is 0 Å². The zero-order valence-corrected chi connectivity index (χ0v) is 15.3. The first-order valence-corrected chi connectivity index (χ1v) is 8.94. The Bertz CT molecular complexity index is 1030. The quantitative estimate of drug-likeness (QED) is 0.763. The number of aryl methyl sites for hydroxylation is 1. The van der Waals surface area contributed by atoms with E-state index >= 15 is 0 Å². The van der Waals surface area contributed by atoms with Gasteiger partial charge in [-0.1, -0.05) is 24.3 Å². The van der Waals surface area contributed by atoms with Crippen LogP contribution >= 0.6 is 0 Å². The van der Waals surface area contributed by atoms with Crippen LogP contribution in [0.15, 0.2) is 42.5 Å². The lowest BCUT2D eigenvalue weighted by atomic mass is 9.91. The molecule has 1 aliphatic rings. The van der Waals surface area contributed by atoms with Gasteiger partial charge in [0, 0.05) is 16.5 Å². The Balaban J connectivity index is 1.85. The number of fused-ring (bicyclic) bond motifs is 1. The molecule has 3 aromatic rings. The van der Waals surface area contributed by atoms with E-state index in [2.05, 4.69) is 11.1 Å². The van der Waals surface area contributed by atoms with Crippen molar-refractivity contribution in [2.24, 2.45) is 0 Å². The molecule has 0 radical (unpaired) electrons. The smallest absolute Gasteiger partial charge is 0.149 e. The fourth-order valence-electron chi connectivity index (χ4n) is 3.38. The molecular weight excluding hydrogens is 340 g/mol. The van der Waals surface area contributed by atoms with Crippen LogP contribution < -0.4 is 4.74 Å². The van der Waals surface area contributed by atoms with Gasteiger partial charge in [0.05, 0.1) is 24.8 Å². The minimum Gasteiger partial charge on any atom is -0.486 e. The average molecular weight is 360 g/mol. The third-order valence-electron chi connectivity index (χ3n) is 4.76. The third-order valence-corrected chi connectivity index (χ3v) is 4.76. The lowest BCUT2D eigenvalue weighted by Gasteiger charge is -2.26. The van der Waals surface area contributed by atoms with Gasteiger partial charge >= 0.3 is 0 Å². The Kier molecular flexibility index (Phi) is 4.53. The molecule has 0 saturated carbocycles. The Hall–Kier alpha value is -2.94. The van der Waals surface area contributed by atoms with Gasteiger partial charge in [0.25, 0.3) is 0 Å². The van der Waals surface area contributed by atoms with Crippen LogP contribution in [0.4, 0.5) is 0 Å². The Morgan fingerprint density at radius 2 is 1.96 bits per heavy atom. The van der Waals surface area contributed by atoms with Gasteiger partial charge in [-0.05, 0) is 43.2 Å². The molecule has 2 aromatic carbocycles. The van der Waals surface area contributed by atoms with Crippen LogP contribution in [0, 0.1) is 18.3 Å². The second-order valence-electron chi connectivity index (χ2n) is 6.86. The normalized spacial score (nSPS) is 15.2. The van der Waals surface area contributed by atoms with E-state index in [-0.39, 0.29) is 6.10 Å². The Morgan fingerprint density at radius 3 is 2.56 bits per heavy atom. The summed E-state index contributed by atoms with van der Waals surface area (Å²) in [6, 6.07) is 15.6. The van der Waals surface area contributed by atoms with Gasteiger partial charge in [-0.15, -0.1) is 0 Å². The summed E-state index contributed by atoms with van der Waals surface area (Å²) < 4.78 is 10.9. The minimum absolute atomic E-state index is 0.101. The van der Waals surface area contributed by atoms with Crippen molar-refractivity contribution in [1.82, 2.24) is 4.98 Å². The van der Waals surface area contributed by atoms with E-state index in [9.17, 15) is 10.4 Å². The van der Waals surface area contributed by atoms with E-state index in [1.807, 2.05) is 49.4 Å². The first kappa shape index (κ1) is 17.5. The molecule has 0 aliphatic carbocycles. The zero-order valence-electron chi connectivity index (χ0n) is 15.3. The maximum absolute atomic E-state index is 10.5. The standard InChI is InChI=1S/C22H20N2O3/c1-13-3-8-18-19(9-13)24-20(10-23)22(21(18)14(2)25)15-4-6-16(7-5-15)27-17-11-26-12-17/h3-9,14,17,25H,11-12H2,1-2H3. The fraction of sp³-hybridized carbons (Fsp3) is 0.273. The molecule has 1 fully saturated rings. The summed E-state index contributed by atoms with van der Waals surface area (Å²) in [5, 5.41) is 21.0. The summed E-state index contributed by atoms with van der Waals surface area (Å²) in [6.45, 7) is 4.92. The number of hydrogen-bond acceptors (Lipinski definition) is 5. The van der Waals surface area contributed by atoms with Crippen LogP contribution in [0.2, 0.25) is 0 Å². The highest BCUT2D eigenvalue weighted by Gasteiger charge is 2.22. The van der Waals surface area contributed by atoms with E-state index < -0.39 is 6.10 Å². The lowest BCUT2D eigenvalue weighted by molar-refractivity contribution is -0.0796. The largest absolute Gasteiger partial charge is 0.486 e. The third kappa shape index (κ3) is 3.25. The zero-order chi connectivity index (χ0) is 19.0. The van der Waals surface area contributed by atoms with Crippen LogP contribution in [0.1, 0.15) is 29.8 Å². The second-order valence-corrected chi connectivity index (χ2v) is 6.86. The van der Waals surface area contributed by atoms with Crippen molar-refractivity contribution in [2.45, 2.75) is 26.1 Å². The van der Waals surface area contributed by atoms with Gasteiger partial charge < -0.3 is 14.6 Å². The first-order valence-electron chi connectivity index (χ1n) is 8.94. The number of aromatic nitrogens is 1. The molecule has 0 bridgehead atoms. The number of benzene rings is 2. The highest BCUT2D eigenvalue weighted by molar-refractivity contribution is 5.91. The first-order chi connectivity index (χ1) is 13.1. The Labute approximate surface area is 157 Å². The molecule has 5 nitrogen and oxygen atoms in total. The fourth-order valence-corrected chi connectivity index (χ4v) is 3.38. The molecule has 1 unspecified atom stereocenters. The number of aliphatic hydroxyl groups excluding tert-OH is 1. The van der Waals surface area contributed by atoms with Crippen molar-refractivity contribution in [3.8, 4) is 22.9 Å². The van der Waals surface area contributed by atoms with E-state index in [1.54, 1.807) is 6.92 Å². The number of hydrogen-bond donors (Lipinski definition) is 1. The maximum Gasteiger partial charge on any atom is 0.149 e. The summed E-state index contributed by atoms with van der Waals surface area (Å²) in [5.41, 5.74) is 4.31. The van der Waals surface area contributed by atoms with Crippen LogP contribution in [0.3, 0.4) is 0 Å². The van der Waals surface area contributed by atoms with Crippen molar-refractivity contribution < 1.29 is 14.6 Å². The van der Waals surface area contributed by atoms with Gasteiger partial charge in [-0.25, -0.2) is 4.98 Å². The monoisotopic (exact) mass is 360 g/mol. The molecule has 1 saturated heterocycles. The molecule has 1 aromatic heterocycles. The van der Waals surface area contributed by atoms with Crippen molar-refractivity contribution in [2.75, 3.05) is 13.2 Å². The summed E-state index contributed by atoms with van der Waals surface area (Å²) in [4.78, 5) is 4.55. The molecule has 27 heavy (non-hydrogen) atoms. The predicted molar refractivity (Wildman–Crippen MR) is 102 cm³/mol. The van der Waals surface area contributed by atoms with E-state index in [0.29, 0.717) is 24.5 Å². The summed E-state index contributed by atoms with van der Waals surface area (Å²) in [5.74, 6) is 0.758. The second kappa shape index (κ2) is 6.99. The molecule has 4 rings (SSSR count). The van der Waals surface area contributed by atoms with Gasteiger partial charge in [0.1, 0.15) is 23.6 Å². The molecule has 1 aliphatic heterocycles. The highest BCUT2D eigenvalue weighted by Crippen LogP contribution is 2.37. The molecular formula is C22H20N2O3. The molecule has 1 N–H and O–H groups in total. The van der Waals surface area contributed by atoms with Crippen LogP contribution in [0.5, 0.6) is 5.75 Å². The predicted octanol–water partition coefficient (Wildman–Crippen LogP) is 3.91. The number of ether oxygens (including phenoxy) is 2. The average Bonchev–Trinajstić information content (AvgIpc) is 2.63.